The molecule has 234 valence electrons. The Morgan fingerprint density at radius 2 is 1.98 bits per heavy atom. The molecule has 1 aromatic carbocycles. The van der Waals surface area contributed by atoms with Crippen molar-refractivity contribution in [3.05, 3.63) is 74.2 Å². The number of ether oxygens (including phenoxy) is 2. The van der Waals surface area contributed by atoms with E-state index in [-0.39, 0.29) is 65.3 Å². The normalized spacial score (nSPS) is 23.9. The lowest BCUT2D eigenvalue weighted by Gasteiger charge is -2.39. The number of rotatable bonds is 3. The third-order valence-corrected chi connectivity index (χ3v) is 9.15. The number of aliphatic hydroxyl groups is 1. The lowest BCUT2D eigenvalue weighted by molar-refractivity contribution is 0.0231. The Bertz CT molecular complexity index is 1790. The van der Waals surface area contributed by atoms with E-state index >= 15 is 0 Å². The molecule has 1 N–H and O–H groups in total. The highest BCUT2D eigenvalue weighted by Gasteiger charge is 2.50. The molecule has 1 fully saturated rings. The molecule has 0 saturated carbocycles. The van der Waals surface area contributed by atoms with Gasteiger partial charge in [-0.1, -0.05) is 18.5 Å². The maximum absolute atomic E-state index is 15.0. The van der Waals surface area contributed by atoms with E-state index in [0.717, 1.165) is 6.42 Å². The van der Waals surface area contributed by atoms with Gasteiger partial charge in [0.1, 0.15) is 29.7 Å². The fourth-order valence-corrected chi connectivity index (χ4v) is 6.95. The largest absolute Gasteiger partial charge is 0.479 e. The molecule has 5 aliphatic rings. The molecule has 0 spiro atoms. The summed E-state index contributed by atoms with van der Waals surface area (Å²) in [4.78, 5) is 55.3. The summed E-state index contributed by atoms with van der Waals surface area (Å²) in [5.41, 5.74) is 0.166. The highest BCUT2D eigenvalue weighted by Crippen LogP contribution is 2.53. The highest BCUT2D eigenvalue weighted by atomic mass is 35.5. The van der Waals surface area contributed by atoms with Crippen LogP contribution in [0.3, 0.4) is 0 Å². The zero-order valence-corrected chi connectivity index (χ0v) is 26.0. The Hall–Kier alpha value is -4.36. The van der Waals surface area contributed by atoms with Crippen LogP contribution in [0, 0.1) is 5.82 Å². The molecule has 1 aromatic rings. The van der Waals surface area contributed by atoms with Gasteiger partial charge in [-0.3, -0.25) is 0 Å². The fourth-order valence-electron chi connectivity index (χ4n) is 6.79. The second kappa shape index (κ2) is 10.9. The molecule has 45 heavy (non-hydrogen) atoms. The fraction of sp³-hybridized carbons (Fsp3) is 0.424. The maximum atomic E-state index is 15.0. The standard InChI is InChI=1S/C33H31ClFN3O7/c1-5-33(43)22-10-26-30-20(14-39)19-9-24(35)23(34)11-25(19)37(12-18-7-6-8-36(18)31(42)45-32(2,3)4)27(30)13-38(26)28(15-40)21(22)17-44-29(33)16-41/h9-11,18,43H,5-8,12-13,17H2,1-4H3/t18-,33+/m1/s1. The van der Waals surface area contributed by atoms with Crippen LogP contribution in [0.15, 0.2) is 57.8 Å². The molecule has 1 amide bonds. The number of nitrogens with zero attached hydrogens (tertiary/aromatic N) is 3. The van der Waals surface area contributed by atoms with Gasteiger partial charge in [0.25, 0.3) is 0 Å². The van der Waals surface area contributed by atoms with Gasteiger partial charge in [-0.2, -0.15) is 0 Å². The van der Waals surface area contributed by atoms with E-state index in [2.05, 4.69) is 0 Å². The molecule has 0 aromatic heterocycles. The van der Waals surface area contributed by atoms with Gasteiger partial charge in [0.05, 0.1) is 34.6 Å². The third-order valence-electron chi connectivity index (χ3n) is 8.86. The molecule has 1 saturated heterocycles. The molecule has 0 aliphatic carbocycles. The van der Waals surface area contributed by atoms with Crippen molar-refractivity contribution in [2.45, 2.75) is 64.2 Å². The summed E-state index contributed by atoms with van der Waals surface area (Å²) in [6, 6.07) is 2.31. The van der Waals surface area contributed by atoms with Gasteiger partial charge in [-0.15, -0.1) is 0 Å². The number of allylic oxidation sites excluding steroid dienone is 1. The van der Waals surface area contributed by atoms with Crippen molar-refractivity contribution in [1.82, 2.24) is 9.80 Å². The molecule has 5 heterocycles. The van der Waals surface area contributed by atoms with Crippen LogP contribution in [-0.2, 0) is 23.9 Å². The third kappa shape index (κ3) is 4.76. The molecule has 6 rings (SSSR count). The van der Waals surface area contributed by atoms with Gasteiger partial charge in [-0.25, -0.2) is 23.6 Å². The summed E-state index contributed by atoms with van der Waals surface area (Å²) in [5, 5.41) is 11.5. The first-order chi connectivity index (χ1) is 21.4. The van der Waals surface area contributed by atoms with Gasteiger partial charge in [0.2, 0.25) is 5.76 Å². The van der Waals surface area contributed by atoms with Crippen molar-refractivity contribution in [2.24, 2.45) is 0 Å². The van der Waals surface area contributed by atoms with Gasteiger partial charge < -0.3 is 29.3 Å². The summed E-state index contributed by atoms with van der Waals surface area (Å²) in [6.07, 6.45) is 2.62. The average molecular weight is 636 g/mol. The minimum absolute atomic E-state index is 0.0372. The summed E-state index contributed by atoms with van der Waals surface area (Å²) >= 11 is 6.27. The number of amides is 1. The van der Waals surface area contributed by atoms with Crippen molar-refractivity contribution in [3.8, 4) is 0 Å². The minimum Gasteiger partial charge on any atom is -0.479 e. The maximum Gasteiger partial charge on any atom is 0.410 e. The van der Waals surface area contributed by atoms with Gasteiger partial charge in [-0.05, 0) is 58.2 Å². The summed E-state index contributed by atoms with van der Waals surface area (Å²) in [7, 11) is 0. The molecule has 10 nitrogen and oxygen atoms in total. The molecule has 12 heteroatoms. The van der Waals surface area contributed by atoms with Crippen LogP contribution in [0.2, 0.25) is 5.02 Å². The molecule has 5 aliphatic heterocycles. The SMILES string of the molecule is CC[C@@]1(O)C(=C=O)OCC2=C1C=C1C3=C(CN1C2=C=O)N(C[C@H]1CCCN1C(=O)OC(C)(C)C)c1cc(Cl)c(F)cc1C3=C=O. The molecule has 0 radical (unpaired) electrons. The topological polar surface area (TPSA) is 117 Å². The van der Waals surface area contributed by atoms with Crippen LogP contribution in [0.1, 0.15) is 52.5 Å². The lowest BCUT2D eigenvalue weighted by atomic mass is 9.79. The van der Waals surface area contributed by atoms with Crippen LogP contribution >= 0.6 is 11.6 Å². The highest BCUT2D eigenvalue weighted by molar-refractivity contribution is 6.31. The molecular weight excluding hydrogens is 605 g/mol. The summed E-state index contributed by atoms with van der Waals surface area (Å²) in [5.74, 6) is 4.58. The number of halogens is 2. The van der Waals surface area contributed by atoms with Crippen molar-refractivity contribution < 1.29 is 38.1 Å². The van der Waals surface area contributed by atoms with E-state index in [1.54, 1.807) is 49.5 Å². The lowest BCUT2D eigenvalue weighted by Crippen LogP contribution is -2.46. The Morgan fingerprint density at radius 3 is 2.62 bits per heavy atom. The van der Waals surface area contributed by atoms with E-state index in [4.69, 9.17) is 21.1 Å². The van der Waals surface area contributed by atoms with Gasteiger partial charge in [0.15, 0.2) is 17.5 Å². The second-order valence-corrected chi connectivity index (χ2v) is 13.0. The first-order valence-electron chi connectivity index (χ1n) is 14.7. The number of fused-ring (bicyclic) bond motifs is 3. The average Bonchev–Trinajstić information content (AvgIpc) is 3.61. The summed E-state index contributed by atoms with van der Waals surface area (Å²) < 4.78 is 26.2. The van der Waals surface area contributed by atoms with Crippen LogP contribution in [-0.4, -0.2) is 82.3 Å². The number of carbonyl (C=O) groups is 1. The van der Waals surface area contributed by atoms with Crippen LogP contribution < -0.4 is 4.90 Å². The number of carbonyl (C=O) groups excluding carboxylic acids is 4. The predicted octanol–water partition coefficient (Wildman–Crippen LogP) is 4.28. The van der Waals surface area contributed by atoms with E-state index in [1.165, 1.54) is 12.1 Å². The zero-order chi connectivity index (χ0) is 32.4. The molecule has 0 unspecified atom stereocenters. The Balaban J connectivity index is 1.52. The first-order valence-corrected chi connectivity index (χ1v) is 15.1. The Kier molecular flexibility index (Phi) is 7.44. The number of anilines is 1. The number of likely N-dealkylation sites (tertiary alicyclic amines) is 1. The van der Waals surface area contributed by atoms with E-state index in [1.807, 2.05) is 16.8 Å². The number of benzene rings is 1. The van der Waals surface area contributed by atoms with E-state index < -0.39 is 23.1 Å². The van der Waals surface area contributed by atoms with E-state index in [0.29, 0.717) is 41.2 Å². The van der Waals surface area contributed by atoms with Crippen molar-refractivity contribution in [3.63, 3.8) is 0 Å². The minimum atomic E-state index is -1.88. The Morgan fingerprint density at radius 1 is 1.22 bits per heavy atom. The van der Waals surface area contributed by atoms with Gasteiger partial charge in [0, 0.05) is 41.1 Å². The predicted molar refractivity (Wildman–Crippen MR) is 162 cm³/mol. The van der Waals surface area contributed by atoms with Crippen LogP contribution in [0.4, 0.5) is 14.9 Å². The number of hydrogen-bond acceptors (Lipinski definition) is 9. The Labute approximate surface area is 264 Å². The zero-order valence-electron chi connectivity index (χ0n) is 25.3. The summed E-state index contributed by atoms with van der Waals surface area (Å²) in [6.45, 7) is 7.72. The van der Waals surface area contributed by atoms with Crippen LogP contribution in [0.5, 0.6) is 0 Å². The monoisotopic (exact) mass is 635 g/mol. The van der Waals surface area contributed by atoms with Crippen molar-refractivity contribution >= 4 is 46.8 Å². The molecular formula is C33H31ClFN3O7. The van der Waals surface area contributed by atoms with Crippen molar-refractivity contribution in [2.75, 3.05) is 31.1 Å². The van der Waals surface area contributed by atoms with Crippen molar-refractivity contribution in [1.29, 1.82) is 0 Å². The molecule has 2 atom stereocenters. The van der Waals surface area contributed by atoms with Gasteiger partial charge >= 0.3 is 6.09 Å². The second-order valence-electron chi connectivity index (χ2n) is 12.6. The quantitative estimate of drug-likeness (QED) is 0.486. The van der Waals surface area contributed by atoms with Crippen LogP contribution in [0.25, 0.3) is 5.57 Å². The smallest absolute Gasteiger partial charge is 0.410 e. The van der Waals surface area contributed by atoms with E-state index in [9.17, 15) is 28.7 Å². The number of hydrogen-bond donors (Lipinski definition) is 1. The first kappa shape index (κ1) is 30.7. The molecule has 0 bridgehead atoms.